The highest BCUT2D eigenvalue weighted by Crippen LogP contribution is 2.14. The lowest BCUT2D eigenvalue weighted by atomic mass is 10.3. The standard InChI is InChI=1S/C15H22N4O2/c1-21-13-7-5-12(6-8-13)18-15(16)17-9-3-11-19-10-2-4-14(19)20/h5-8H,2-4,9-11H2,1H3,(H3,16,17,18). The summed E-state index contributed by atoms with van der Waals surface area (Å²) >= 11 is 0. The minimum atomic E-state index is 0.253. The minimum Gasteiger partial charge on any atom is -0.497 e. The number of nitrogens with one attached hydrogen (secondary N) is 1. The third-order valence-electron chi connectivity index (χ3n) is 3.40. The number of nitrogens with zero attached hydrogens (tertiary/aromatic N) is 2. The van der Waals surface area contributed by atoms with Crippen LogP contribution in [-0.4, -0.2) is 43.5 Å². The molecule has 1 fully saturated rings. The van der Waals surface area contributed by atoms with E-state index < -0.39 is 0 Å². The molecule has 114 valence electrons. The Morgan fingerprint density at radius 3 is 2.81 bits per heavy atom. The molecule has 1 aliphatic heterocycles. The maximum absolute atomic E-state index is 11.4. The molecule has 0 spiro atoms. The number of hydrogen-bond acceptors (Lipinski definition) is 3. The molecule has 1 saturated heterocycles. The van der Waals surface area contributed by atoms with Crippen LogP contribution < -0.4 is 15.8 Å². The number of nitrogens with two attached hydrogens (primary N) is 1. The molecule has 1 heterocycles. The lowest BCUT2D eigenvalue weighted by Gasteiger charge is -2.14. The van der Waals surface area contributed by atoms with E-state index in [4.69, 9.17) is 10.5 Å². The van der Waals surface area contributed by atoms with E-state index in [-0.39, 0.29) is 5.91 Å². The summed E-state index contributed by atoms with van der Waals surface area (Å²) in [5, 5.41) is 3.02. The highest BCUT2D eigenvalue weighted by atomic mass is 16.5. The molecule has 1 aromatic carbocycles. The number of guanidine groups is 1. The molecule has 1 aromatic rings. The van der Waals surface area contributed by atoms with Crippen LogP contribution in [0.4, 0.5) is 5.69 Å². The van der Waals surface area contributed by atoms with Gasteiger partial charge in [-0.1, -0.05) is 0 Å². The Morgan fingerprint density at radius 1 is 1.43 bits per heavy atom. The van der Waals surface area contributed by atoms with E-state index in [1.807, 2.05) is 29.2 Å². The van der Waals surface area contributed by atoms with Crippen molar-refractivity contribution in [2.45, 2.75) is 19.3 Å². The van der Waals surface area contributed by atoms with Gasteiger partial charge in [-0.05, 0) is 37.1 Å². The first-order chi connectivity index (χ1) is 10.2. The number of likely N-dealkylation sites (tertiary alicyclic amines) is 1. The monoisotopic (exact) mass is 290 g/mol. The van der Waals surface area contributed by atoms with Gasteiger partial charge >= 0.3 is 0 Å². The van der Waals surface area contributed by atoms with E-state index in [9.17, 15) is 4.79 Å². The van der Waals surface area contributed by atoms with Crippen molar-refractivity contribution in [3.8, 4) is 5.75 Å². The molecule has 6 nitrogen and oxygen atoms in total. The Kier molecular flexibility index (Phi) is 5.43. The highest BCUT2D eigenvalue weighted by molar-refractivity contribution is 5.92. The van der Waals surface area contributed by atoms with Crippen molar-refractivity contribution in [3.63, 3.8) is 0 Å². The Morgan fingerprint density at radius 2 is 2.19 bits per heavy atom. The summed E-state index contributed by atoms with van der Waals surface area (Å²) in [6, 6.07) is 7.47. The fourth-order valence-corrected chi connectivity index (χ4v) is 2.26. The second kappa shape index (κ2) is 7.52. The van der Waals surface area contributed by atoms with Crippen LogP contribution in [0.3, 0.4) is 0 Å². The van der Waals surface area contributed by atoms with Crippen molar-refractivity contribution >= 4 is 17.6 Å². The SMILES string of the molecule is COc1ccc(NC(N)=NCCCN2CCCC2=O)cc1. The largest absolute Gasteiger partial charge is 0.497 e. The summed E-state index contributed by atoms with van der Waals surface area (Å²) in [5.41, 5.74) is 6.69. The molecule has 0 bridgehead atoms. The zero-order valence-corrected chi connectivity index (χ0v) is 12.3. The smallest absolute Gasteiger partial charge is 0.222 e. The molecule has 1 amide bonds. The number of carbonyl (C=O) groups is 1. The predicted octanol–water partition coefficient (Wildman–Crippen LogP) is 1.43. The van der Waals surface area contributed by atoms with E-state index >= 15 is 0 Å². The van der Waals surface area contributed by atoms with Crippen LogP contribution in [0.5, 0.6) is 5.75 Å². The van der Waals surface area contributed by atoms with Gasteiger partial charge in [-0.15, -0.1) is 0 Å². The molecule has 0 aliphatic carbocycles. The molecule has 1 aliphatic rings. The van der Waals surface area contributed by atoms with E-state index in [2.05, 4.69) is 10.3 Å². The summed E-state index contributed by atoms with van der Waals surface area (Å²) in [6.07, 6.45) is 2.49. The van der Waals surface area contributed by atoms with Crippen molar-refractivity contribution in [2.24, 2.45) is 10.7 Å². The fraction of sp³-hybridized carbons (Fsp3) is 0.467. The van der Waals surface area contributed by atoms with Gasteiger partial charge in [-0.2, -0.15) is 0 Å². The quantitative estimate of drug-likeness (QED) is 0.472. The van der Waals surface area contributed by atoms with Gasteiger partial charge in [0.2, 0.25) is 5.91 Å². The van der Waals surface area contributed by atoms with E-state index in [0.29, 0.717) is 18.9 Å². The summed E-state index contributed by atoms with van der Waals surface area (Å²) in [6.45, 7) is 2.25. The second-order valence-corrected chi connectivity index (χ2v) is 4.96. The third kappa shape index (κ3) is 4.66. The van der Waals surface area contributed by atoms with Gasteiger partial charge in [0, 0.05) is 31.7 Å². The molecule has 0 atom stereocenters. The van der Waals surface area contributed by atoms with Crippen LogP contribution in [0, 0.1) is 0 Å². The Balaban J connectivity index is 1.71. The Labute approximate surface area is 125 Å². The van der Waals surface area contributed by atoms with Gasteiger partial charge < -0.3 is 20.7 Å². The van der Waals surface area contributed by atoms with E-state index in [0.717, 1.165) is 37.4 Å². The maximum Gasteiger partial charge on any atom is 0.222 e. The average molecular weight is 290 g/mol. The number of rotatable bonds is 6. The van der Waals surface area contributed by atoms with Crippen molar-refractivity contribution in [3.05, 3.63) is 24.3 Å². The summed E-state index contributed by atoms with van der Waals surface area (Å²) < 4.78 is 5.09. The number of benzene rings is 1. The lowest BCUT2D eigenvalue weighted by Crippen LogP contribution is -2.27. The molecule has 6 heteroatoms. The fourth-order valence-electron chi connectivity index (χ4n) is 2.26. The molecule has 3 N–H and O–H groups in total. The molecule has 21 heavy (non-hydrogen) atoms. The van der Waals surface area contributed by atoms with Gasteiger partial charge in [0.1, 0.15) is 5.75 Å². The second-order valence-electron chi connectivity index (χ2n) is 4.96. The van der Waals surface area contributed by atoms with Crippen LogP contribution in [0.1, 0.15) is 19.3 Å². The van der Waals surface area contributed by atoms with Crippen molar-refractivity contribution < 1.29 is 9.53 Å². The number of aliphatic imine (C=N–C) groups is 1. The average Bonchev–Trinajstić information content (AvgIpc) is 2.90. The summed E-state index contributed by atoms with van der Waals surface area (Å²) in [7, 11) is 1.63. The van der Waals surface area contributed by atoms with Gasteiger partial charge in [-0.3, -0.25) is 9.79 Å². The first-order valence-electron chi connectivity index (χ1n) is 7.18. The molecule has 0 radical (unpaired) electrons. The first-order valence-corrected chi connectivity index (χ1v) is 7.18. The molecule has 2 rings (SSSR count). The molecular weight excluding hydrogens is 268 g/mol. The summed E-state index contributed by atoms with van der Waals surface area (Å²) in [4.78, 5) is 17.6. The summed E-state index contributed by atoms with van der Waals surface area (Å²) in [5.74, 6) is 1.43. The number of hydrogen-bond donors (Lipinski definition) is 2. The minimum absolute atomic E-state index is 0.253. The van der Waals surface area contributed by atoms with Crippen molar-refractivity contribution in [1.29, 1.82) is 0 Å². The lowest BCUT2D eigenvalue weighted by molar-refractivity contribution is -0.127. The number of anilines is 1. The number of ether oxygens (including phenoxy) is 1. The van der Waals surface area contributed by atoms with Crippen LogP contribution in [0.2, 0.25) is 0 Å². The van der Waals surface area contributed by atoms with Crippen molar-refractivity contribution in [2.75, 3.05) is 32.1 Å². The first kappa shape index (κ1) is 15.2. The van der Waals surface area contributed by atoms with Gasteiger partial charge in [0.05, 0.1) is 7.11 Å². The van der Waals surface area contributed by atoms with Crippen LogP contribution in [-0.2, 0) is 4.79 Å². The van der Waals surface area contributed by atoms with Crippen LogP contribution in [0.25, 0.3) is 0 Å². The van der Waals surface area contributed by atoms with Gasteiger partial charge in [0.25, 0.3) is 0 Å². The number of amides is 1. The number of methoxy groups -OCH3 is 1. The zero-order chi connectivity index (χ0) is 15.1. The molecule has 0 saturated carbocycles. The maximum atomic E-state index is 11.4. The Bertz CT molecular complexity index is 499. The molecule has 0 unspecified atom stereocenters. The van der Waals surface area contributed by atoms with E-state index in [1.165, 1.54) is 0 Å². The van der Waals surface area contributed by atoms with Crippen LogP contribution >= 0.6 is 0 Å². The topological polar surface area (TPSA) is 80.0 Å². The molecular formula is C15H22N4O2. The molecule has 0 aromatic heterocycles. The third-order valence-corrected chi connectivity index (χ3v) is 3.40. The van der Waals surface area contributed by atoms with Gasteiger partial charge in [0.15, 0.2) is 5.96 Å². The van der Waals surface area contributed by atoms with Gasteiger partial charge in [-0.25, -0.2) is 0 Å². The predicted molar refractivity (Wildman–Crippen MR) is 83.5 cm³/mol. The Hall–Kier alpha value is -2.24. The van der Waals surface area contributed by atoms with Crippen molar-refractivity contribution in [1.82, 2.24) is 4.90 Å². The highest BCUT2D eigenvalue weighted by Gasteiger charge is 2.18. The number of carbonyl (C=O) groups excluding carboxylic acids is 1. The zero-order valence-electron chi connectivity index (χ0n) is 12.3. The van der Waals surface area contributed by atoms with E-state index in [1.54, 1.807) is 7.11 Å². The van der Waals surface area contributed by atoms with Crippen LogP contribution in [0.15, 0.2) is 29.3 Å². The normalized spacial score (nSPS) is 15.4.